The highest BCUT2D eigenvalue weighted by atomic mass is 16.1. The standard InChI is InChI=1S/C9H9N3O2/c13-7-1-4-11-5-6-12-8(9(11)14)2-3-10-12/h2-3,5-7H,1,4H2. The molecule has 0 amide bonds. The maximum absolute atomic E-state index is 11.7. The number of carbonyl (C=O) groups is 1. The van der Waals surface area contributed by atoms with Crippen molar-refractivity contribution in [2.24, 2.45) is 0 Å². The number of aldehydes is 1. The zero-order valence-electron chi connectivity index (χ0n) is 7.46. The van der Waals surface area contributed by atoms with Crippen LogP contribution in [0.2, 0.25) is 0 Å². The van der Waals surface area contributed by atoms with E-state index in [-0.39, 0.29) is 5.56 Å². The second kappa shape index (κ2) is 3.45. The molecule has 2 rings (SSSR count). The fourth-order valence-electron chi connectivity index (χ4n) is 1.33. The van der Waals surface area contributed by atoms with Gasteiger partial charge < -0.3 is 9.36 Å². The molecular formula is C9H9N3O2. The molecule has 72 valence electrons. The second-order valence-corrected chi connectivity index (χ2v) is 2.91. The lowest BCUT2D eigenvalue weighted by Crippen LogP contribution is -2.21. The lowest BCUT2D eigenvalue weighted by molar-refractivity contribution is -0.108. The largest absolute Gasteiger partial charge is 0.312 e. The van der Waals surface area contributed by atoms with E-state index in [0.717, 1.165) is 6.29 Å². The summed E-state index contributed by atoms with van der Waals surface area (Å²) < 4.78 is 3.02. The van der Waals surface area contributed by atoms with E-state index in [9.17, 15) is 9.59 Å². The van der Waals surface area contributed by atoms with Gasteiger partial charge in [-0.3, -0.25) is 4.79 Å². The van der Waals surface area contributed by atoms with Gasteiger partial charge in [0.15, 0.2) is 0 Å². The summed E-state index contributed by atoms with van der Waals surface area (Å²) >= 11 is 0. The summed E-state index contributed by atoms with van der Waals surface area (Å²) in [4.78, 5) is 21.9. The Morgan fingerprint density at radius 3 is 3.07 bits per heavy atom. The van der Waals surface area contributed by atoms with E-state index < -0.39 is 0 Å². The van der Waals surface area contributed by atoms with E-state index in [2.05, 4.69) is 5.10 Å². The Balaban J connectivity index is 2.51. The highest BCUT2D eigenvalue weighted by Gasteiger charge is 2.01. The minimum atomic E-state index is -0.119. The average molecular weight is 191 g/mol. The Hall–Kier alpha value is -1.91. The lowest BCUT2D eigenvalue weighted by atomic mass is 10.4. The number of rotatable bonds is 3. The van der Waals surface area contributed by atoms with Gasteiger partial charge in [0.2, 0.25) is 0 Å². The summed E-state index contributed by atoms with van der Waals surface area (Å²) in [6.45, 7) is 0.421. The molecule has 0 aliphatic carbocycles. The van der Waals surface area contributed by atoms with Gasteiger partial charge in [0.25, 0.3) is 5.56 Å². The molecule has 0 saturated carbocycles. The molecule has 2 heterocycles. The fourth-order valence-corrected chi connectivity index (χ4v) is 1.33. The number of nitrogens with zero attached hydrogens (tertiary/aromatic N) is 3. The topological polar surface area (TPSA) is 56.4 Å². The quantitative estimate of drug-likeness (QED) is 0.646. The molecule has 0 aromatic carbocycles. The SMILES string of the molecule is O=CCCn1ccn2nccc2c1=O. The van der Waals surface area contributed by atoms with E-state index in [4.69, 9.17) is 0 Å². The van der Waals surface area contributed by atoms with Gasteiger partial charge in [-0.1, -0.05) is 0 Å². The van der Waals surface area contributed by atoms with Gasteiger partial charge in [0, 0.05) is 25.4 Å². The van der Waals surface area contributed by atoms with E-state index >= 15 is 0 Å². The van der Waals surface area contributed by atoms with Crippen LogP contribution in [-0.2, 0) is 11.3 Å². The van der Waals surface area contributed by atoms with E-state index in [1.165, 1.54) is 9.08 Å². The van der Waals surface area contributed by atoms with Gasteiger partial charge in [0.1, 0.15) is 11.8 Å². The summed E-state index contributed by atoms with van der Waals surface area (Å²) in [5, 5.41) is 3.93. The Kier molecular flexibility index (Phi) is 2.14. The van der Waals surface area contributed by atoms with Crippen LogP contribution in [0, 0.1) is 0 Å². The van der Waals surface area contributed by atoms with Gasteiger partial charge in [-0.25, -0.2) is 4.52 Å². The zero-order chi connectivity index (χ0) is 9.97. The van der Waals surface area contributed by atoms with E-state index in [0.29, 0.717) is 18.5 Å². The van der Waals surface area contributed by atoms with E-state index in [1.807, 2.05) is 0 Å². The van der Waals surface area contributed by atoms with Crippen molar-refractivity contribution in [1.29, 1.82) is 0 Å². The molecule has 0 N–H and O–H groups in total. The van der Waals surface area contributed by atoms with Crippen LogP contribution in [0.3, 0.4) is 0 Å². The number of aryl methyl sites for hydroxylation is 1. The summed E-state index contributed by atoms with van der Waals surface area (Å²) in [6, 6.07) is 1.65. The van der Waals surface area contributed by atoms with Crippen LogP contribution in [0.4, 0.5) is 0 Å². The highest BCUT2D eigenvalue weighted by Crippen LogP contribution is 1.94. The normalized spacial score (nSPS) is 10.6. The third-order valence-electron chi connectivity index (χ3n) is 2.03. The number of hydrogen-bond acceptors (Lipinski definition) is 3. The highest BCUT2D eigenvalue weighted by molar-refractivity contribution is 5.49. The first-order valence-electron chi connectivity index (χ1n) is 4.29. The Morgan fingerprint density at radius 2 is 2.29 bits per heavy atom. The predicted octanol–water partition coefficient (Wildman–Crippen LogP) is 0.0850. The Morgan fingerprint density at radius 1 is 1.43 bits per heavy atom. The second-order valence-electron chi connectivity index (χ2n) is 2.91. The Labute approximate surface area is 79.6 Å². The first-order chi connectivity index (χ1) is 6.83. The molecule has 2 aromatic rings. The molecule has 0 unspecified atom stereocenters. The van der Waals surface area contributed by atoms with Gasteiger partial charge in [0.05, 0.1) is 6.20 Å². The molecule has 5 nitrogen and oxygen atoms in total. The third-order valence-corrected chi connectivity index (χ3v) is 2.03. The van der Waals surface area contributed by atoms with Crippen LogP contribution in [0.5, 0.6) is 0 Å². The number of aromatic nitrogens is 3. The van der Waals surface area contributed by atoms with Crippen LogP contribution < -0.4 is 5.56 Å². The molecule has 0 aliphatic heterocycles. The maximum Gasteiger partial charge on any atom is 0.276 e. The molecule has 14 heavy (non-hydrogen) atoms. The summed E-state index contributed by atoms with van der Waals surface area (Å²) in [5.41, 5.74) is 0.408. The minimum Gasteiger partial charge on any atom is -0.312 e. The van der Waals surface area contributed by atoms with Gasteiger partial charge in [-0.15, -0.1) is 0 Å². The van der Waals surface area contributed by atoms with Crippen molar-refractivity contribution in [1.82, 2.24) is 14.2 Å². The van der Waals surface area contributed by atoms with Crippen LogP contribution in [0.15, 0.2) is 29.5 Å². The lowest BCUT2D eigenvalue weighted by Gasteiger charge is -2.02. The molecule has 0 radical (unpaired) electrons. The number of carbonyl (C=O) groups excluding carboxylic acids is 1. The fraction of sp³-hybridized carbons (Fsp3) is 0.222. The number of hydrogen-bond donors (Lipinski definition) is 0. The van der Waals surface area contributed by atoms with Crippen LogP contribution >= 0.6 is 0 Å². The molecule has 5 heteroatoms. The van der Waals surface area contributed by atoms with Crippen molar-refractivity contribution >= 4 is 11.8 Å². The molecule has 0 fully saturated rings. The molecule has 0 atom stereocenters. The molecular weight excluding hydrogens is 182 g/mol. The first kappa shape index (κ1) is 8.68. The summed E-state index contributed by atoms with van der Waals surface area (Å²) in [5.74, 6) is 0. The van der Waals surface area contributed by atoms with E-state index in [1.54, 1.807) is 24.7 Å². The molecule has 0 spiro atoms. The van der Waals surface area contributed by atoms with Crippen molar-refractivity contribution in [2.75, 3.05) is 0 Å². The number of fused-ring (bicyclic) bond motifs is 1. The van der Waals surface area contributed by atoms with Gasteiger partial charge in [-0.2, -0.15) is 5.10 Å². The average Bonchev–Trinajstić information content (AvgIpc) is 2.66. The first-order valence-corrected chi connectivity index (χ1v) is 4.29. The maximum atomic E-state index is 11.7. The van der Waals surface area contributed by atoms with Crippen LogP contribution in [-0.4, -0.2) is 20.5 Å². The minimum absolute atomic E-state index is 0.119. The monoisotopic (exact) mass is 191 g/mol. The summed E-state index contributed by atoms with van der Waals surface area (Å²) in [6.07, 6.45) is 6.05. The molecule has 0 aliphatic rings. The zero-order valence-corrected chi connectivity index (χ0v) is 7.46. The van der Waals surface area contributed by atoms with Crippen molar-refractivity contribution in [3.63, 3.8) is 0 Å². The van der Waals surface area contributed by atoms with Crippen molar-refractivity contribution in [3.05, 3.63) is 35.0 Å². The van der Waals surface area contributed by atoms with Crippen molar-refractivity contribution in [3.8, 4) is 0 Å². The van der Waals surface area contributed by atoms with Gasteiger partial charge >= 0.3 is 0 Å². The van der Waals surface area contributed by atoms with Crippen LogP contribution in [0.1, 0.15) is 6.42 Å². The third kappa shape index (κ3) is 1.32. The molecule has 2 aromatic heterocycles. The predicted molar refractivity (Wildman–Crippen MR) is 50.1 cm³/mol. The summed E-state index contributed by atoms with van der Waals surface area (Å²) in [7, 11) is 0. The Bertz CT molecular complexity index is 512. The van der Waals surface area contributed by atoms with Crippen molar-refractivity contribution < 1.29 is 4.79 Å². The smallest absolute Gasteiger partial charge is 0.276 e. The molecule has 0 saturated heterocycles. The van der Waals surface area contributed by atoms with Gasteiger partial charge in [-0.05, 0) is 6.07 Å². The molecule has 0 bridgehead atoms. The van der Waals surface area contributed by atoms with Crippen LogP contribution in [0.25, 0.3) is 5.52 Å². The van der Waals surface area contributed by atoms with Crippen molar-refractivity contribution in [2.45, 2.75) is 13.0 Å².